The molecule has 19 heavy (non-hydrogen) atoms. The first-order valence-electron chi connectivity index (χ1n) is 5.66. The highest BCUT2D eigenvalue weighted by Crippen LogP contribution is 2.07. The Balaban J connectivity index is -0.0000000906. The minimum atomic E-state index is -6.00. The summed E-state index contributed by atoms with van der Waals surface area (Å²) < 4.78 is 78.0. The molecule has 0 unspecified atom stereocenters. The van der Waals surface area contributed by atoms with Crippen LogP contribution in [0.25, 0.3) is 0 Å². The fourth-order valence-electron chi connectivity index (χ4n) is 0.854. The molecule has 0 amide bonds. The second-order valence-electron chi connectivity index (χ2n) is 3.40. The first kappa shape index (κ1) is 26.8. The largest absolute Gasteiger partial charge is 2.00 e. The molecular weight excluding hydrogens is 284 g/mol. The normalized spacial score (nSPS) is 10.4. The molecule has 0 N–H and O–H groups in total. The molecule has 0 aromatic rings. The molecule has 0 aromatic carbocycles. The van der Waals surface area contributed by atoms with Gasteiger partial charge in [0.1, 0.15) is 0 Å². The topological polar surface area (TPSA) is 30.5 Å². The molecule has 0 heterocycles. The highest BCUT2D eigenvalue weighted by atomic mass is 19.5. The Labute approximate surface area is 108 Å². The molecule has 0 atom stereocenters. The third kappa shape index (κ3) is 215. The van der Waals surface area contributed by atoms with Crippen molar-refractivity contribution in [2.24, 2.45) is 0 Å². The van der Waals surface area contributed by atoms with Crippen LogP contribution >= 0.6 is 0 Å². The predicted octanol–water partition coefficient (Wildman–Crippen LogP) is 5.49. The Bertz CT molecular complexity index is 132. The third-order valence-electron chi connectivity index (χ3n) is 1.46. The monoisotopic (exact) mass is 302 g/mol. The fourth-order valence-corrected chi connectivity index (χ4v) is 0.854. The summed E-state index contributed by atoms with van der Waals surface area (Å²) in [7, 11) is -12.0. The Hall–Kier alpha value is -0.630. The van der Waals surface area contributed by atoms with Crippen LogP contribution in [0.4, 0.5) is 34.5 Å². The van der Waals surface area contributed by atoms with Crippen LogP contribution in [0.2, 0.25) is 0 Å². The zero-order chi connectivity index (χ0) is 15.2. The summed E-state index contributed by atoms with van der Waals surface area (Å²) in [6.45, 7) is 4.51. The molecule has 0 bridgehead atoms. The minimum absolute atomic E-state index is 0. The van der Waals surface area contributed by atoms with Gasteiger partial charge in [0.2, 0.25) is 0 Å². The second kappa shape index (κ2) is 15.4. The molecule has 117 valence electrons. The molecule has 0 fully saturated rings. The van der Waals surface area contributed by atoms with Crippen LogP contribution in [-0.4, -0.2) is 14.5 Å². The van der Waals surface area contributed by atoms with Crippen LogP contribution in [0, 0.1) is 0 Å². The number of halogens is 8. The highest BCUT2D eigenvalue weighted by molar-refractivity contribution is 6.50. The van der Waals surface area contributed by atoms with Crippen molar-refractivity contribution in [3.63, 3.8) is 0 Å². The van der Waals surface area contributed by atoms with Gasteiger partial charge in [0.15, 0.2) is 0 Å². The van der Waals surface area contributed by atoms with Gasteiger partial charge in [0, 0.05) is 0 Å². The van der Waals surface area contributed by atoms with E-state index in [2.05, 4.69) is 13.8 Å². The molecule has 3 radical (unpaired) electrons. The third-order valence-corrected chi connectivity index (χ3v) is 1.46. The summed E-state index contributed by atoms with van der Waals surface area (Å²) in [5.74, 6) is 0. The number of hydrogen-bond donors (Lipinski definition) is 0. The van der Waals surface area contributed by atoms with Crippen LogP contribution < -0.4 is 6.15 Å². The average molecular weight is 302 g/mol. The number of unbranched alkanes of at least 4 members (excludes halogenated alkanes) is 5. The van der Waals surface area contributed by atoms with Crippen molar-refractivity contribution in [1.82, 2.24) is 6.15 Å². The van der Waals surface area contributed by atoms with Gasteiger partial charge in [-0.3, -0.25) is 0 Å². The van der Waals surface area contributed by atoms with Crippen LogP contribution in [0.5, 0.6) is 0 Å². The van der Waals surface area contributed by atoms with Gasteiger partial charge in [0.05, 0.1) is 0 Å². The summed E-state index contributed by atoms with van der Waals surface area (Å²) in [6.07, 6.45) is 8.49. The van der Waals surface area contributed by atoms with E-state index in [1.54, 1.807) is 0 Å². The summed E-state index contributed by atoms with van der Waals surface area (Å²) in [4.78, 5) is 0. The van der Waals surface area contributed by atoms with Crippen LogP contribution in [-0.2, 0) is 0 Å². The Kier molecular flexibility index (Phi) is 21.8. The lowest BCUT2D eigenvalue weighted by Crippen LogP contribution is -2.02. The van der Waals surface area contributed by atoms with E-state index >= 15 is 0 Å². The summed E-state index contributed by atoms with van der Waals surface area (Å²) >= 11 is 0. The number of nitrogens with zero attached hydrogens (tertiary/aromatic N) is 1. The van der Waals surface area contributed by atoms with Gasteiger partial charge in [-0.05, 0) is 0 Å². The minimum Gasteiger partial charge on any atom is -0.418 e. The molecule has 0 saturated carbocycles. The summed E-state index contributed by atoms with van der Waals surface area (Å²) in [5.41, 5.74) is 0. The first-order valence-corrected chi connectivity index (χ1v) is 5.66. The first-order chi connectivity index (χ1) is 7.91. The van der Waals surface area contributed by atoms with Gasteiger partial charge < -0.3 is 34.5 Å². The number of hydrogen-bond acceptors (Lipinski definition) is 0. The van der Waals surface area contributed by atoms with E-state index in [-0.39, 0.29) is 6.15 Å². The van der Waals surface area contributed by atoms with Crippen molar-refractivity contribution in [3.8, 4) is 0 Å². The molecule has 0 saturated heterocycles. The average Bonchev–Trinajstić information content (AvgIpc) is 2.07. The standard InChI is InChI=1S/C8H18.2BF4.N/c1-3-5-7-8-6-4-2;2*2-1(3,4)5;/h3-8H2,1-2H3;;;/q;2*-1;+2. The molecule has 0 spiro atoms. The molecule has 0 rings (SSSR count). The maximum absolute atomic E-state index is 9.75. The quantitative estimate of drug-likeness (QED) is 0.365. The molecule has 0 aliphatic rings. The maximum Gasteiger partial charge on any atom is 2.00 e. The Morgan fingerprint density at radius 3 is 0.789 bits per heavy atom. The van der Waals surface area contributed by atoms with Gasteiger partial charge in [0.25, 0.3) is 0 Å². The van der Waals surface area contributed by atoms with Crippen molar-refractivity contribution >= 4 is 14.5 Å². The van der Waals surface area contributed by atoms with E-state index in [1.807, 2.05) is 0 Å². The van der Waals surface area contributed by atoms with Gasteiger partial charge in [-0.15, -0.1) is 0 Å². The van der Waals surface area contributed by atoms with Crippen LogP contribution in [0.3, 0.4) is 0 Å². The molecule has 0 aliphatic carbocycles. The second-order valence-corrected chi connectivity index (χ2v) is 3.40. The van der Waals surface area contributed by atoms with E-state index in [4.69, 9.17) is 0 Å². The SMILES string of the molecule is CCCCCCCC.F[B-](F)(F)F.F[B-](F)(F)F.[N+2]. The van der Waals surface area contributed by atoms with Crippen molar-refractivity contribution in [2.45, 2.75) is 52.4 Å². The van der Waals surface area contributed by atoms with E-state index in [0.717, 1.165) is 0 Å². The van der Waals surface area contributed by atoms with E-state index < -0.39 is 14.5 Å². The summed E-state index contributed by atoms with van der Waals surface area (Å²) in [6, 6.07) is 0. The lowest BCUT2D eigenvalue weighted by molar-refractivity contribution is 0.366. The molecule has 11 heteroatoms. The zero-order valence-corrected chi connectivity index (χ0v) is 10.9. The lowest BCUT2D eigenvalue weighted by Gasteiger charge is -1.94. The zero-order valence-electron chi connectivity index (χ0n) is 10.9. The maximum atomic E-state index is 9.75. The molecule has 0 aliphatic heterocycles. The van der Waals surface area contributed by atoms with Gasteiger partial charge >= 0.3 is 20.7 Å². The molecule has 0 aromatic heterocycles. The molecular formula is C8H18B2F8N. The van der Waals surface area contributed by atoms with Crippen molar-refractivity contribution in [1.29, 1.82) is 0 Å². The fraction of sp³-hybridized carbons (Fsp3) is 1.00. The van der Waals surface area contributed by atoms with Crippen LogP contribution in [0.1, 0.15) is 52.4 Å². The Morgan fingerprint density at radius 1 is 0.526 bits per heavy atom. The van der Waals surface area contributed by atoms with Gasteiger partial charge in [-0.2, -0.15) is 0 Å². The van der Waals surface area contributed by atoms with E-state index in [0.29, 0.717) is 0 Å². The molecule has 1 nitrogen and oxygen atoms in total. The predicted molar refractivity (Wildman–Crippen MR) is 61.6 cm³/mol. The summed E-state index contributed by atoms with van der Waals surface area (Å²) in [5, 5.41) is 0. The van der Waals surface area contributed by atoms with E-state index in [9.17, 15) is 34.5 Å². The van der Waals surface area contributed by atoms with Crippen LogP contribution in [0.15, 0.2) is 0 Å². The lowest BCUT2D eigenvalue weighted by atomic mass is 10.1. The van der Waals surface area contributed by atoms with Crippen molar-refractivity contribution in [3.05, 3.63) is 0 Å². The number of rotatable bonds is 5. The van der Waals surface area contributed by atoms with E-state index in [1.165, 1.54) is 38.5 Å². The van der Waals surface area contributed by atoms with Crippen molar-refractivity contribution < 1.29 is 34.5 Å². The van der Waals surface area contributed by atoms with Gasteiger partial charge in [-0.25, -0.2) is 0 Å². The van der Waals surface area contributed by atoms with Crippen molar-refractivity contribution in [2.75, 3.05) is 0 Å². The highest BCUT2D eigenvalue weighted by Gasteiger charge is 2.21. The Morgan fingerprint density at radius 2 is 0.684 bits per heavy atom. The van der Waals surface area contributed by atoms with Gasteiger partial charge in [-0.1, -0.05) is 52.4 Å². The smallest absolute Gasteiger partial charge is 0.418 e.